The van der Waals surface area contributed by atoms with Gasteiger partial charge in [0.15, 0.2) is 5.78 Å². The van der Waals surface area contributed by atoms with E-state index in [2.05, 4.69) is 5.32 Å². The molecule has 0 aromatic heterocycles. The number of rotatable bonds is 4. The third-order valence-electron chi connectivity index (χ3n) is 3.66. The highest BCUT2D eigenvalue weighted by molar-refractivity contribution is 5.97. The summed E-state index contributed by atoms with van der Waals surface area (Å²) < 4.78 is 10.5. The van der Waals surface area contributed by atoms with Crippen LogP contribution in [-0.2, 0) is 4.79 Å². The van der Waals surface area contributed by atoms with Crippen LogP contribution in [0.1, 0.15) is 26.2 Å². The average molecular weight is 275 g/mol. The summed E-state index contributed by atoms with van der Waals surface area (Å²) in [5.41, 5.74) is 1.69. The number of carbonyl (C=O) groups excluding carboxylic acids is 1. The summed E-state index contributed by atoms with van der Waals surface area (Å²) >= 11 is 0. The van der Waals surface area contributed by atoms with Crippen LogP contribution >= 0.6 is 0 Å². The highest BCUT2D eigenvalue weighted by Gasteiger charge is 2.22. The summed E-state index contributed by atoms with van der Waals surface area (Å²) in [6.07, 6.45) is 4.71. The van der Waals surface area contributed by atoms with Gasteiger partial charge in [-0.1, -0.05) is 6.92 Å². The number of benzene rings is 1. The molecule has 1 atom stereocenters. The standard InChI is InChI=1S/C16H21NO3/c1-11-5-4-6-12(16(11)18)10-17-14-8-7-13(19-2)9-15(14)20-3/h7-11,17H,4-6H2,1-3H3/b12-10-/t11-/m1/s1. The molecule has 0 unspecified atom stereocenters. The maximum absolute atomic E-state index is 12.0. The van der Waals surface area contributed by atoms with Crippen LogP contribution in [0.15, 0.2) is 30.0 Å². The van der Waals surface area contributed by atoms with Crippen molar-refractivity contribution in [2.45, 2.75) is 26.2 Å². The van der Waals surface area contributed by atoms with Crippen LogP contribution in [-0.4, -0.2) is 20.0 Å². The SMILES string of the molecule is COc1ccc(N/C=C2/CCC[C@@H](C)C2=O)c(OC)c1. The van der Waals surface area contributed by atoms with Crippen LogP contribution in [0.4, 0.5) is 5.69 Å². The molecule has 0 radical (unpaired) electrons. The number of hydrogen-bond acceptors (Lipinski definition) is 4. The molecule has 1 fully saturated rings. The van der Waals surface area contributed by atoms with Crippen LogP contribution < -0.4 is 14.8 Å². The minimum Gasteiger partial charge on any atom is -0.497 e. The molecule has 0 aliphatic heterocycles. The third-order valence-corrected chi connectivity index (χ3v) is 3.66. The lowest BCUT2D eigenvalue weighted by Gasteiger charge is -2.19. The normalized spacial score (nSPS) is 20.9. The molecule has 0 spiro atoms. The van der Waals surface area contributed by atoms with Gasteiger partial charge in [0.2, 0.25) is 0 Å². The fourth-order valence-corrected chi connectivity index (χ4v) is 2.40. The van der Waals surface area contributed by atoms with Crippen molar-refractivity contribution in [1.29, 1.82) is 0 Å². The third kappa shape index (κ3) is 3.13. The Balaban J connectivity index is 2.15. The number of allylic oxidation sites excluding steroid dienone is 1. The minimum absolute atomic E-state index is 0.134. The number of ketones is 1. The second kappa shape index (κ2) is 6.46. The molecule has 1 N–H and O–H groups in total. The Kier molecular flexibility index (Phi) is 4.66. The van der Waals surface area contributed by atoms with Crippen LogP contribution in [0.5, 0.6) is 11.5 Å². The van der Waals surface area contributed by atoms with E-state index in [4.69, 9.17) is 9.47 Å². The Bertz CT molecular complexity index is 522. The summed E-state index contributed by atoms with van der Waals surface area (Å²) in [5, 5.41) is 3.17. The molecule has 4 heteroatoms. The van der Waals surface area contributed by atoms with Gasteiger partial charge in [0, 0.05) is 23.8 Å². The maximum atomic E-state index is 12.0. The van der Waals surface area contributed by atoms with Gasteiger partial charge in [0.25, 0.3) is 0 Å². The van der Waals surface area contributed by atoms with Gasteiger partial charge in [0.1, 0.15) is 11.5 Å². The monoisotopic (exact) mass is 275 g/mol. The van der Waals surface area contributed by atoms with Crippen molar-refractivity contribution >= 4 is 11.5 Å². The number of anilines is 1. The van der Waals surface area contributed by atoms with E-state index in [-0.39, 0.29) is 11.7 Å². The maximum Gasteiger partial charge on any atom is 0.163 e. The molecule has 20 heavy (non-hydrogen) atoms. The molecular weight excluding hydrogens is 254 g/mol. The number of carbonyl (C=O) groups is 1. The zero-order valence-corrected chi connectivity index (χ0v) is 12.2. The summed E-state index contributed by atoms with van der Waals surface area (Å²) in [6.45, 7) is 1.99. The lowest BCUT2D eigenvalue weighted by Crippen LogP contribution is -2.19. The fourth-order valence-electron chi connectivity index (χ4n) is 2.40. The first-order valence-electron chi connectivity index (χ1n) is 6.87. The van der Waals surface area contributed by atoms with Gasteiger partial charge in [-0.3, -0.25) is 4.79 Å². The first-order chi connectivity index (χ1) is 9.65. The van der Waals surface area contributed by atoms with Crippen molar-refractivity contribution in [3.8, 4) is 11.5 Å². The first-order valence-corrected chi connectivity index (χ1v) is 6.87. The smallest absolute Gasteiger partial charge is 0.163 e. The Labute approximate surface area is 119 Å². The molecule has 1 aromatic rings. The van der Waals surface area contributed by atoms with Crippen LogP contribution in [0, 0.1) is 5.92 Å². The van der Waals surface area contributed by atoms with Crippen LogP contribution in [0.25, 0.3) is 0 Å². The van der Waals surface area contributed by atoms with Gasteiger partial charge in [-0.05, 0) is 31.4 Å². The van der Waals surface area contributed by atoms with E-state index in [9.17, 15) is 4.79 Å². The van der Waals surface area contributed by atoms with Gasteiger partial charge >= 0.3 is 0 Å². The molecule has 1 saturated carbocycles. The van der Waals surface area contributed by atoms with E-state index >= 15 is 0 Å². The van der Waals surface area contributed by atoms with Crippen molar-refractivity contribution in [2.75, 3.05) is 19.5 Å². The molecule has 0 heterocycles. The Morgan fingerprint density at radius 1 is 1.30 bits per heavy atom. The summed E-state index contributed by atoms with van der Waals surface area (Å²) in [7, 11) is 3.23. The molecule has 0 saturated heterocycles. The van der Waals surface area contributed by atoms with E-state index in [1.807, 2.05) is 31.3 Å². The number of hydrogen-bond donors (Lipinski definition) is 1. The van der Waals surface area contributed by atoms with Gasteiger partial charge in [-0.2, -0.15) is 0 Å². The summed E-state index contributed by atoms with van der Waals surface area (Å²) in [4.78, 5) is 12.0. The lowest BCUT2D eigenvalue weighted by molar-refractivity contribution is -0.119. The number of ether oxygens (including phenoxy) is 2. The van der Waals surface area contributed by atoms with E-state index in [1.54, 1.807) is 14.2 Å². The predicted octanol–water partition coefficient (Wildman–Crippen LogP) is 3.39. The fraction of sp³-hybridized carbons (Fsp3) is 0.438. The van der Waals surface area contributed by atoms with E-state index in [0.29, 0.717) is 5.75 Å². The Morgan fingerprint density at radius 2 is 2.10 bits per heavy atom. The first kappa shape index (κ1) is 14.4. The highest BCUT2D eigenvalue weighted by Crippen LogP contribution is 2.30. The lowest BCUT2D eigenvalue weighted by atomic mass is 9.86. The second-order valence-corrected chi connectivity index (χ2v) is 5.04. The van der Waals surface area contributed by atoms with Crippen LogP contribution in [0.3, 0.4) is 0 Å². The van der Waals surface area contributed by atoms with Crippen molar-refractivity contribution in [3.05, 3.63) is 30.0 Å². The molecule has 1 aromatic carbocycles. The Hall–Kier alpha value is -1.97. The highest BCUT2D eigenvalue weighted by atomic mass is 16.5. The number of methoxy groups -OCH3 is 2. The van der Waals surface area contributed by atoms with Crippen molar-refractivity contribution < 1.29 is 14.3 Å². The van der Waals surface area contributed by atoms with Gasteiger partial charge < -0.3 is 14.8 Å². The largest absolute Gasteiger partial charge is 0.497 e. The van der Waals surface area contributed by atoms with Gasteiger partial charge in [-0.25, -0.2) is 0 Å². The van der Waals surface area contributed by atoms with Crippen molar-refractivity contribution in [3.63, 3.8) is 0 Å². The number of Topliss-reactive ketones (excluding diaryl/α,β-unsaturated/α-hetero) is 1. The molecule has 2 rings (SSSR count). The summed E-state index contributed by atoms with van der Waals surface area (Å²) in [6, 6.07) is 5.55. The molecule has 1 aliphatic rings. The van der Waals surface area contributed by atoms with Crippen molar-refractivity contribution in [1.82, 2.24) is 0 Å². The zero-order valence-electron chi connectivity index (χ0n) is 12.2. The van der Waals surface area contributed by atoms with E-state index in [0.717, 1.165) is 36.3 Å². The average Bonchev–Trinajstić information content (AvgIpc) is 2.48. The predicted molar refractivity (Wildman–Crippen MR) is 79.3 cm³/mol. The van der Waals surface area contributed by atoms with E-state index < -0.39 is 0 Å². The van der Waals surface area contributed by atoms with E-state index in [1.165, 1.54) is 0 Å². The topological polar surface area (TPSA) is 47.6 Å². The van der Waals surface area contributed by atoms with Gasteiger partial charge in [0.05, 0.1) is 19.9 Å². The summed E-state index contributed by atoms with van der Waals surface area (Å²) in [5.74, 6) is 1.81. The van der Waals surface area contributed by atoms with Gasteiger partial charge in [-0.15, -0.1) is 0 Å². The zero-order chi connectivity index (χ0) is 14.5. The number of nitrogens with one attached hydrogen (secondary N) is 1. The molecular formula is C16H21NO3. The van der Waals surface area contributed by atoms with Crippen LogP contribution in [0.2, 0.25) is 0 Å². The molecule has 4 nitrogen and oxygen atoms in total. The minimum atomic E-state index is 0.134. The van der Waals surface area contributed by atoms with Crippen molar-refractivity contribution in [2.24, 2.45) is 5.92 Å². The molecule has 1 aliphatic carbocycles. The second-order valence-electron chi connectivity index (χ2n) is 5.04. The Morgan fingerprint density at radius 3 is 2.80 bits per heavy atom. The molecule has 0 amide bonds. The molecule has 108 valence electrons. The molecule has 0 bridgehead atoms. The quantitative estimate of drug-likeness (QED) is 0.856.